The largest absolute Gasteiger partial charge is 0.463 e. The number of aryl methyl sites for hydroxylation is 1. The lowest BCUT2D eigenvalue weighted by molar-refractivity contribution is 0.487. The fourth-order valence-corrected chi connectivity index (χ4v) is 2.03. The van der Waals surface area contributed by atoms with Gasteiger partial charge in [0.2, 0.25) is 0 Å². The third-order valence-electron chi connectivity index (χ3n) is 2.46. The van der Waals surface area contributed by atoms with Crippen LogP contribution in [0.25, 0.3) is 0 Å². The van der Waals surface area contributed by atoms with Crippen molar-refractivity contribution in [3.8, 4) is 0 Å². The van der Waals surface area contributed by atoms with Crippen LogP contribution >= 0.6 is 11.8 Å². The summed E-state index contributed by atoms with van der Waals surface area (Å²) >= 11 is 1.76. The zero-order valence-corrected chi connectivity index (χ0v) is 10.9. The van der Waals surface area contributed by atoms with Crippen LogP contribution in [0.2, 0.25) is 0 Å². The molecule has 1 N–H and O–H groups in total. The molecular formula is C13H16N2OS. The summed E-state index contributed by atoms with van der Waals surface area (Å²) in [6, 6.07) is 8.00. The molecule has 0 saturated carbocycles. The zero-order chi connectivity index (χ0) is 12.1. The molecule has 0 aliphatic carbocycles. The van der Waals surface area contributed by atoms with Gasteiger partial charge in [-0.25, -0.2) is 0 Å². The van der Waals surface area contributed by atoms with Crippen molar-refractivity contribution in [2.24, 2.45) is 0 Å². The van der Waals surface area contributed by atoms with Crippen LogP contribution in [0, 0.1) is 6.92 Å². The van der Waals surface area contributed by atoms with E-state index in [4.69, 9.17) is 4.42 Å². The first-order valence-corrected chi connectivity index (χ1v) is 6.91. The van der Waals surface area contributed by atoms with Crippen molar-refractivity contribution >= 4 is 17.4 Å². The molecule has 0 atom stereocenters. The van der Waals surface area contributed by atoms with Gasteiger partial charge in [-0.15, -0.1) is 0 Å². The number of pyridine rings is 1. The van der Waals surface area contributed by atoms with Crippen LogP contribution in [0.15, 0.2) is 34.9 Å². The minimum absolute atomic E-state index is 0.695. The number of nitrogens with zero attached hydrogens (tertiary/aromatic N) is 1. The van der Waals surface area contributed by atoms with Crippen molar-refractivity contribution in [3.05, 3.63) is 47.7 Å². The van der Waals surface area contributed by atoms with Crippen LogP contribution < -0.4 is 5.32 Å². The highest BCUT2D eigenvalue weighted by atomic mass is 32.2. The molecule has 2 heterocycles. The Hall–Kier alpha value is -1.42. The normalized spacial score (nSPS) is 10.5. The van der Waals surface area contributed by atoms with E-state index in [-0.39, 0.29) is 0 Å². The van der Waals surface area contributed by atoms with Gasteiger partial charge in [-0.2, -0.15) is 11.8 Å². The molecule has 90 valence electrons. The van der Waals surface area contributed by atoms with E-state index in [0.29, 0.717) is 6.54 Å². The van der Waals surface area contributed by atoms with Gasteiger partial charge >= 0.3 is 0 Å². The predicted octanol–water partition coefficient (Wildman–Crippen LogP) is 3.46. The summed E-state index contributed by atoms with van der Waals surface area (Å²) in [5, 5.41) is 3.32. The van der Waals surface area contributed by atoms with E-state index in [1.54, 1.807) is 18.0 Å². The molecule has 0 aliphatic rings. The first-order valence-electron chi connectivity index (χ1n) is 5.51. The van der Waals surface area contributed by atoms with Crippen molar-refractivity contribution in [2.45, 2.75) is 19.2 Å². The van der Waals surface area contributed by atoms with Gasteiger partial charge in [0.25, 0.3) is 0 Å². The first-order chi connectivity index (χ1) is 8.29. The highest BCUT2D eigenvalue weighted by Crippen LogP contribution is 2.16. The molecule has 0 unspecified atom stereocenters. The van der Waals surface area contributed by atoms with E-state index >= 15 is 0 Å². The SMILES string of the molecule is CSCc1ccc(CNc2cccnc2C)o1. The van der Waals surface area contributed by atoms with Gasteiger partial charge in [-0.1, -0.05) is 0 Å². The molecule has 2 aromatic rings. The monoisotopic (exact) mass is 248 g/mol. The standard InChI is InChI=1S/C13H16N2OS/c1-10-13(4-3-7-14-10)15-8-11-5-6-12(16-11)9-17-2/h3-7,15H,8-9H2,1-2H3. The van der Waals surface area contributed by atoms with Gasteiger partial charge in [0.1, 0.15) is 11.5 Å². The molecule has 0 aliphatic heterocycles. The van der Waals surface area contributed by atoms with E-state index in [2.05, 4.69) is 16.6 Å². The number of nitrogens with one attached hydrogen (secondary N) is 1. The van der Waals surface area contributed by atoms with Gasteiger partial charge in [-0.05, 0) is 37.4 Å². The van der Waals surface area contributed by atoms with Crippen molar-refractivity contribution in [1.82, 2.24) is 4.98 Å². The lowest BCUT2D eigenvalue weighted by Gasteiger charge is -2.06. The van der Waals surface area contributed by atoms with Crippen LogP contribution in [0.1, 0.15) is 17.2 Å². The number of anilines is 1. The first kappa shape index (κ1) is 12.0. The lowest BCUT2D eigenvalue weighted by Crippen LogP contribution is -2.00. The van der Waals surface area contributed by atoms with Gasteiger partial charge in [0.05, 0.1) is 23.7 Å². The summed E-state index contributed by atoms with van der Waals surface area (Å²) in [5.74, 6) is 2.90. The van der Waals surface area contributed by atoms with E-state index < -0.39 is 0 Å². The van der Waals surface area contributed by atoms with Crippen molar-refractivity contribution in [2.75, 3.05) is 11.6 Å². The van der Waals surface area contributed by atoms with Crippen molar-refractivity contribution < 1.29 is 4.42 Å². The van der Waals surface area contributed by atoms with Crippen LogP contribution in [-0.2, 0) is 12.3 Å². The molecule has 2 rings (SSSR count). The zero-order valence-electron chi connectivity index (χ0n) is 10.1. The van der Waals surface area contributed by atoms with E-state index in [9.17, 15) is 0 Å². The topological polar surface area (TPSA) is 38.1 Å². The molecule has 0 amide bonds. The Balaban J connectivity index is 1.95. The van der Waals surface area contributed by atoms with E-state index in [1.807, 2.05) is 31.2 Å². The van der Waals surface area contributed by atoms with Crippen LogP contribution in [0.4, 0.5) is 5.69 Å². The third-order valence-corrected chi connectivity index (χ3v) is 3.04. The molecule has 3 nitrogen and oxygen atoms in total. The van der Waals surface area contributed by atoms with Crippen LogP contribution in [-0.4, -0.2) is 11.2 Å². The second-order valence-corrected chi connectivity index (χ2v) is 4.66. The molecule has 0 fully saturated rings. The molecule has 0 radical (unpaired) electrons. The number of furan rings is 1. The number of rotatable bonds is 5. The third kappa shape index (κ3) is 3.27. The average Bonchev–Trinajstić information content (AvgIpc) is 2.76. The van der Waals surface area contributed by atoms with E-state index in [1.165, 1.54) is 0 Å². The lowest BCUT2D eigenvalue weighted by atomic mass is 10.3. The van der Waals surface area contributed by atoms with Crippen LogP contribution in [0.3, 0.4) is 0 Å². The summed E-state index contributed by atoms with van der Waals surface area (Å²) in [5.41, 5.74) is 2.05. The smallest absolute Gasteiger partial charge is 0.123 e. The molecule has 17 heavy (non-hydrogen) atoms. The van der Waals surface area contributed by atoms with Crippen LogP contribution in [0.5, 0.6) is 0 Å². The maximum atomic E-state index is 5.68. The molecule has 0 saturated heterocycles. The molecule has 4 heteroatoms. The Morgan fingerprint density at radius 2 is 2.12 bits per heavy atom. The van der Waals surface area contributed by atoms with E-state index in [0.717, 1.165) is 28.7 Å². The number of aromatic nitrogens is 1. The minimum Gasteiger partial charge on any atom is -0.463 e. The van der Waals surface area contributed by atoms with Crippen molar-refractivity contribution in [1.29, 1.82) is 0 Å². The molecule has 0 aromatic carbocycles. The highest BCUT2D eigenvalue weighted by Gasteiger charge is 2.02. The van der Waals surface area contributed by atoms with Crippen molar-refractivity contribution in [3.63, 3.8) is 0 Å². The minimum atomic E-state index is 0.695. The Morgan fingerprint density at radius 1 is 1.29 bits per heavy atom. The average molecular weight is 248 g/mol. The summed E-state index contributed by atoms with van der Waals surface area (Å²) in [6.45, 7) is 2.69. The molecule has 0 bridgehead atoms. The Labute approximate surface area is 106 Å². The maximum absolute atomic E-state index is 5.68. The predicted molar refractivity (Wildman–Crippen MR) is 72.2 cm³/mol. The fourth-order valence-electron chi connectivity index (χ4n) is 1.59. The molecule has 0 spiro atoms. The van der Waals surface area contributed by atoms with Gasteiger partial charge < -0.3 is 9.73 Å². The fraction of sp³-hybridized carbons (Fsp3) is 0.308. The summed E-state index contributed by atoms with van der Waals surface area (Å²) < 4.78 is 5.68. The maximum Gasteiger partial charge on any atom is 0.123 e. The van der Waals surface area contributed by atoms with Gasteiger partial charge in [-0.3, -0.25) is 4.98 Å². The second-order valence-electron chi connectivity index (χ2n) is 3.79. The Morgan fingerprint density at radius 3 is 2.88 bits per heavy atom. The second kappa shape index (κ2) is 5.77. The highest BCUT2D eigenvalue weighted by molar-refractivity contribution is 7.97. The van der Waals surface area contributed by atoms with Gasteiger partial charge in [0, 0.05) is 6.20 Å². The molecule has 2 aromatic heterocycles. The summed E-state index contributed by atoms with van der Waals surface area (Å²) in [7, 11) is 0. The Bertz CT molecular complexity index is 482. The molecular weight excluding hydrogens is 232 g/mol. The Kier molecular flexibility index (Phi) is 4.09. The summed E-state index contributed by atoms with van der Waals surface area (Å²) in [6.07, 6.45) is 3.86. The number of hydrogen-bond donors (Lipinski definition) is 1. The summed E-state index contributed by atoms with van der Waals surface area (Å²) in [4.78, 5) is 4.23. The van der Waals surface area contributed by atoms with Gasteiger partial charge in [0.15, 0.2) is 0 Å². The number of thioether (sulfide) groups is 1. The quantitative estimate of drug-likeness (QED) is 0.879. The number of hydrogen-bond acceptors (Lipinski definition) is 4.